The first kappa shape index (κ1) is 22.3. The monoisotopic (exact) mass is 475 g/mol. The molecule has 6 rings (SSSR count). The number of para-hydroxylation sites is 1. The van der Waals surface area contributed by atoms with Gasteiger partial charge in [-0.1, -0.05) is 48.5 Å². The number of nitrogens with zero attached hydrogens (tertiary/aromatic N) is 3. The molecule has 3 aromatic carbocycles. The second kappa shape index (κ2) is 9.84. The second-order valence-corrected chi connectivity index (χ2v) is 9.43. The summed E-state index contributed by atoms with van der Waals surface area (Å²) in [6.45, 7) is 3.06. The Labute approximate surface area is 210 Å². The Morgan fingerprint density at radius 3 is 2.42 bits per heavy atom. The van der Waals surface area contributed by atoms with E-state index in [1.165, 1.54) is 5.56 Å². The summed E-state index contributed by atoms with van der Waals surface area (Å²) < 4.78 is 5.98. The molecule has 5 aromatic rings. The van der Waals surface area contributed by atoms with Crippen molar-refractivity contribution in [2.24, 2.45) is 0 Å². The van der Waals surface area contributed by atoms with Gasteiger partial charge in [0.25, 0.3) is 0 Å². The number of pyridine rings is 1. The lowest BCUT2D eigenvalue weighted by Crippen LogP contribution is -2.34. The van der Waals surface area contributed by atoms with Gasteiger partial charge in [-0.25, -0.2) is 0 Å². The van der Waals surface area contributed by atoms with Gasteiger partial charge in [0.1, 0.15) is 11.5 Å². The third kappa shape index (κ3) is 4.68. The van der Waals surface area contributed by atoms with Gasteiger partial charge in [-0.2, -0.15) is 5.10 Å². The molecule has 1 aliphatic heterocycles. The van der Waals surface area contributed by atoms with Gasteiger partial charge in [0.15, 0.2) is 5.82 Å². The fourth-order valence-corrected chi connectivity index (χ4v) is 5.09. The summed E-state index contributed by atoms with van der Waals surface area (Å²) in [6, 6.07) is 30.6. The Hall–Kier alpha value is -4.16. The van der Waals surface area contributed by atoms with Crippen LogP contribution in [0.1, 0.15) is 30.0 Å². The lowest BCUT2D eigenvalue weighted by molar-refractivity contribution is 0.198. The quantitative estimate of drug-likeness (QED) is 0.298. The molecular formula is C30H29N5O. The van der Waals surface area contributed by atoms with Crippen LogP contribution in [0, 0.1) is 0 Å². The highest BCUT2D eigenvalue weighted by Gasteiger charge is 2.25. The number of aromatic amines is 1. The molecule has 180 valence electrons. The summed E-state index contributed by atoms with van der Waals surface area (Å²) in [6.07, 6.45) is 2.28. The van der Waals surface area contributed by atoms with Gasteiger partial charge in [0.05, 0.1) is 16.6 Å². The maximum Gasteiger partial charge on any atom is 0.155 e. The minimum atomic E-state index is 0.357. The van der Waals surface area contributed by atoms with Crippen molar-refractivity contribution < 1.29 is 4.74 Å². The van der Waals surface area contributed by atoms with Crippen molar-refractivity contribution in [2.75, 3.05) is 18.8 Å². The number of piperidine rings is 1. The predicted octanol–water partition coefficient (Wildman–Crippen LogP) is 6.38. The summed E-state index contributed by atoms with van der Waals surface area (Å²) in [5.41, 5.74) is 11.5. The van der Waals surface area contributed by atoms with Crippen LogP contribution in [0.2, 0.25) is 0 Å². The lowest BCUT2D eigenvalue weighted by atomic mass is 9.92. The minimum absolute atomic E-state index is 0.357. The molecule has 1 atom stereocenters. The molecule has 6 nitrogen and oxygen atoms in total. The summed E-state index contributed by atoms with van der Waals surface area (Å²) >= 11 is 0. The number of fused-ring (bicyclic) bond motifs is 1. The lowest BCUT2D eigenvalue weighted by Gasteiger charge is -2.32. The molecule has 3 N–H and O–H groups in total. The smallest absolute Gasteiger partial charge is 0.155 e. The zero-order valence-electron chi connectivity index (χ0n) is 20.1. The van der Waals surface area contributed by atoms with E-state index in [2.05, 4.69) is 51.5 Å². The largest absolute Gasteiger partial charge is 0.457 e. The molecule has 6 heteroatoms. The molecule has 1 unspecified atom stereocenters. The predicted molar refractivity (Wildman–Crippen MR) is 144 cm³/mol. The zero-order chi connectivity index (χ0) is 24.3. The molecule has 3 heterocycles. The molecule has 1 fully saturated rings. The number of hydrogen-bond donors (Lipinski definition) is 2. The van der Waals surface area contributed by atoms with Crippen LogP contribution in [0.15, 0.2) is 91.0 Å². The molecule has 0 bridgehead atoms. The van der Waals surface area contributed by atoms with Gasteiger partial charge >= 0.3 is 0 Å². The molecule has 0 radical (unpaired) electrons. The number of benzene rings is 3. The van der Waals surface area contributed by atoms with Crippen molar-refractivity contribution in [1.82, 2.24) is 20.1 Å². The molecule has 1 aliphatic rings. The molecule has 0 saturated carbocycles. The van der Waals surface area contributed by atoms with Crippen LogP contribution >= 0.6 is 0 Å². The highest BCUT2D eigenvalue weighted by molar-refractivity contribution is 6.00. The number of aromatic nitrogens is 3. The van der Waals surface area contributed by atoms with Gasteiger partial charge in [-0.05, 0) is 67.4 Å². The number of ether oxygens (including phenoxy) is 1. The maximum absolute atomic E-state index is 6.27. The molecule has 0 aliphatic carbocycles. The van der Waals surface area contributed by atoms with Crippen molar-refractivity contribution in [3.63, 3.8) is 0 Å². The van der Waals surface area contributed by atoms with Crippen LogP contribution in [0.25, 0.3) is 22.2 Å². The van der Waals surface area contributed by atoms with E-state index in [4.69, 9.17) is 15.5 Å². The van der Waals surface area contributed by atoms with Crippen molar-refractivity contribution in [3.05, 3.63) is 102 Å². The van der Waals surface area contributed by atoms with E-state index in [-0.39, 0.29) is 0 Å². The first-order valence-electron chi connectivity index (χ1n) is 12.5. The Kier molecular flexibility index (Phi) is 6.10. The molecule has 2 aromatic heterocycles. The van der Waals surface area contributed by atoms with E-state index in [1.807, 2.05) is 54.6 Å². The third-order valence-corrected chi connectivity index (χ3v) is 6.87. The Morgan fingerprint density at radius 1 is 0.917 bits per heavy atom. The van der Waals surface area contributed by atoms with E-state index in [0.717, 1.165) is 71.8 Å². The van der Waals surface area contributed by atoms with Crippen LogP contribution in [-0.4, -0.2) is 33.2 Å². The number of H-pyrrole nitrogens is 1. The van der Waals surface area contributed by atoms with Gasteiger partial charge in [-0.15, -0.1) is 0 Å². The number of anilines is 1. The number of nitrogen functional groups attached to an aromatic ring is 1. The standard InChI is InChI=1S/C30H29N5O/c31-30-28-27(33-34-30)18-26(23-10-7-17-35(20-23)19-21-8-3-1-4-9-21)32-29(28)22-13-15-25(16-14-22)36-24-11-5-2-6-12-24/h1-6,8-9,11-16,18,23H,7,10,17,19-20H2,(H3,31,33,34). The number of rotatable bonds is 6. The van der Waals surface area contributed by atoms with Crippen LogP contribution in [-0.2, 0) is 6.54 Å². The summed E-state index contributed by atoms with van der Waals surface area (Å²) in [5.74, 6) is 2.42. The van der Waals surface area contributed by atoms with E-state index in [0.29, 0.717) is 11.7 Å². The highest BCUT2D eigenvalue weighted by Crippen LogP contribution is 2.35. The fourth-order valence-electron chi connectivity index (χ4n) is 5.09. The maximum atomic E-state index is 6.27. The number of hydrogen-bond acceptors (Lipinski definition) is 5. The summed E-state index contributed by atoms with van der Waals surface area (Å²) in [4.78, 5) is 7.71. The van der Waals surface area contributed by atoms with Gasteiger partial charge in [-0.3, -0.25) is 15.0 Å². The molecule has 0 spiro atoms. The van der Waals surface area contributed by atoms with Crippen molar-refractivity contribution >= 4 is 16.7 Å². The normalized spacial score (nSPS) is 16.3. The van der Waals surface area contributed by atoms with E-state index in [1.54, 1.807) is 0 Å². The zero-order valence-corrected chi connectivity index (χ0v) is 20.1. The first-order chi connectivity index (χ1) is 17.7. The highest BCUT2D eigenvalue weighted by atomic mass is 16.5. The van der Waals surface area contributed by atoms with Gasteiger partial charge in [0, 0.05) is 30.3 Å². The van der Waals surface area contributed by atoms with E-state index in [9.17, 15) is 0 Å². The van der Waals surface area contributed by atoms with Crippen molar-refractivity contribution in [2.45, 2.75) is 25.3 Å². The molecule has 0 amide bonds. The van der Waals surface area contributed by atoms with Crippen molar-refractivity contribution in [1.29, 1.82) is 0 Å². The number of nitrogens with two attached hydrogens (primary N) is 1. The first-order valence-corrected chi connectivity index (χ1v) is 12.5. The molecular weight excluding hydrogens is 446 g/mol. The van der Waals surface area contributed by atoms with Gasteiger partial charge in [0.2, 0.25) is 0 Å². The average molecular weight is 476 g/mol. The van der Waals surface area contributed by atoms with Crippen LogP contribution < -0.4 is 10.5 Å². The van der Waals surface area contributed by atoms with Crippen LogP contribution in [0.5, 0.6) is 11.5 Å². The summed E-state index contributed by atoms with van der Waals surface area (Å²) in [5, 5.41) is 8.28. The third-order valence-electron chi connectivity index (χ3n) is 6.87. The van der Waals surface area contributed by atoms with Crippen LogP contribution in [0.4, 0.5) is 5.82 Å². The summed E-state index contributed by atoms with van der Waals surface area (Å²) in [7, 11) is 0. The molecule has 36 heavy (non-hydrogen) atoms. The number of nitrogens with one attached hydrogen (secondary N) is 1. The van der Waals surface area contributed by atoms with Crippen molar-refractivity contribution in [3.8, 4) is 22.8 Å². The Balaban J connectivity index is 1.29. The topological polar surface area (TPSA) is 80.1 Å². The average Bonchev–Trinajstić information content (AvgIpc) is 3.30. The van der Waals surface area contributed by atoms with Gasteiger partial charge < -0.3 is 10.5 Å². The fraction of sp³-hybridized carbons (Fsp3) is 0.200. The SMILES string of the molecule is Nc1n[nH]c2cc(C3CCCN(Cc4ccccc4)C3)nc(-c3ccc(Oc4ccccc4)cc3)c12. The van der Waals surface area contributed by atoms with Crippen LogP contribution in [0.3, 0.4) is 0 Å². The van der Waals surface area contributed by atoms with E-state index < -0.39 is 0 Å². The molecule has 1 saturated heterocycles. The Bertz CT molecular complexity index is 1450. The number of likely N-dealkylation sites (tertiary alicyclic amines) is 1. The Morgan fingerprint density at radius 2 is 1.64 bits per heavy atom. The van der Waals surface area contributed by atoms with E-state index >= 15 is 0 Å². The second-order valence-electron chi connectivity index (χ2n) is 9.43. The minimum Gasteiger partial charge on any atom is -0.457 e.